The third-order valence-corrected chi connectivity index (χ3v) is 3.57. The SMILES string of the molecule is CN=C1CCNCC1=C(N)C(=O)N[C@H]1CCC(=O)NC1=O. The summed E-state index contributed by atoms with van der Waals surface area (Å²) >= 11 is 0. The number of hydrogen-bond acceptors (Lipinski definition) is 6. The molecule has 0 bridgehead atoms. The van der Waals surface area contributed by atoms with Crippen molar-refractivity contribution in [2.24, 2.45) is 10.7 Å². The Kier molecular flexibility index (Phi) is 4.69. The number of rotatable bonds is 2. The monoisotopic (exact) mass is 293 g/mol. The number of imide groups is 1. The summed E-state index contributed by atoms with van der Waals surface area (Å²) in [6, 6.07) is -0.729. The lowest BCUT2D eigenvalue weighted by atomic mass is 10.0. The van der Waals surface area contributed by atoms with Gasteiger partial charge in [0.25, 0.3) is 5.91 Å². The van der Waals surface area contributed by atoms with Crippen molar-refractivity contribution >= 4 is 23.4 Å². The van der Waals surface area contributed by atoms with Crippen molar-refractivity contribution in [1.82, 2.24) is 16.0 Å². The molecule has 0 spiro atoms. The fraction of sp³-hybridized carbons (Fsp3) is 0.538. The molecule has 0 aromatic heterocycles. The van der Waals surface area contributed by atoms with Crippen molar-refractivity contribution in [3.05, 3.63) is 11.3 Å². The maximum Gasteiger partial charge on any atom is 0.268 e. The molecule has 0 aromatic rings. The minimum Gasteiger partial charge on any atom is -0.394 e. The Labute approximate surface area is 122 Å². The fourth-order valence-corrected chi connectivity index (χ4v) is 2.37. The lowest BCUT2D eigenvalue weighted by Crippen LogP contribution is -2.53. The molecule has 2 heterocycles. The number of carbonyl (C=O) groups excluding carboxylic acids is 3. The van der Waals surface area contributed by atoms with Gasteiger partial charge >= 0.3 is 0 Å². The third-order valence-electron chi connectivity index (χ3n) is 3.57. The first-order valence-electron chi connectivity index (χ1n) is 6.83. The molecule has 0 aromatic carbocycles. The van der Waals surface area contributed by atoms with Gasteiger partial charge in [-0.2, -0.15) is 0 Å². The smallest absolute Gasteiger partial charge is 0.268 e. The molecule has 0 aliphatic carbocycles. The summed E-state index contributed by atoms with van der Waals surface area (Å²) in [6.07, 6.45) is 1.20. The van der Waals surface area contributed by atoms with Gasteiger partial charge in [-0.3, -0.25) is 24.7 Å². The number of amides is 3. The van der Waals surface area contributed by atoms with Gasteiger partial charge in [0.15, 0.2) is 0 Å². The van der Waals surface area contributed by atoms with Gasteiger partial charge in [-0.25, -0.2) is 0 Å². The maximum atomic E-state index is 12.2. The molecule has 8 heteroatoms. The van der Waals surface area contributed by atoms with Crippen LogP contribution in [0.3, 0.4) is 0 Å². The highest BCUT2D eigenvalue weighted by Gasteiger charge is 2.29. The summed E-state index contributed by atoms with van der Waals surface area (Å²) in [7, 11) is 1.66. The standard InChI is InChI=1S/C13H19N5O3/c1-15-8-4-5-16-6-7(8)11(14)13(21)17-9-2-3-10(19)18-12(9)20/h9,16H,2-6,14H2,1H3,(H,17,21)(H,18,19,20)/t9-/m0/s1. The minimum absolute atomic E-state index is 0.0625. The van der Waals surface area contributed by atoms with E-state index in [1.807, 2.05) is 0 Å². The molecule has 0 unspecified atom stereocenters. The predicted octanol–water partition coefficient (Wildman–Crippen LogP) is -1.82. The lowest BCUT2D eigenvalue weighted by molar-refractivity contribution is -0.136. The summed E-state index contributed by atoms with van der Waals surface area (Å²) in [5.74, 6) is -1.33. The van der Waals surface area contributed by atoms with E-state index in [0.717, 1.165) is 12.3 Å². The first kappa shape index (κ1) is 15.2. The zero-order valence-electron chi connectivity index (χ0n) is 11.9. The first-order chi connectivity index (χ1) is 10.0. The molecule has 2 saturated heterocycles. The topological polar surface area (TPSA) is 126 Å². The van der Waals surface area contributed by atoms with Crippen LogP contribution in [-0.2, 0) is 14.4 Å². The van der Waals surface area contributed by atoms with Gasteiger partial charge in [0.05, 0.1) is 0 Å². The number of piperidine rings is 2. The fourth-order valence-electron chi connectivity index (χ4n) is 2.37. The highest BCUT2D eigenvalue weighted by atomic mass is 16.2. The molecule has 2 aliphatic rings. The summed E-state index contributed by atoms with van der Waals surface area (Å²) in [6.45, 7) is 1.26. The highest BCUT2D eigenvalue weighted by Crippen LogP contribution is 2.11. The Bertz CT molecular complexity index is 538. The molecular formula is C13H19N5O3. The van der Waals surface area contributed by atoms with Crippen molar-refractivity contribution < 1.29 is 14.4 Å². The summed E-state index contributed by atoms with van der Waals surface area (Å²) < 4.78 is 0. The van der Waals surface area contributed by atoms with Crippen LogP contribution in [0.1, 0.15) is 19.3 Å². The summed E-state index contributed by atoms with van der Waals surface area (Å²) in [4.78, 5) is 39.0. The Morgan fingerprint density at radius 2 is 2.14 bits per heavy atom. The molecule has 0 saturated carbocycles. The van der Waals surface area contributed by atoms with E-state index < -0.39 is 17.9 Å². The van der Waals surface area contributed by atoms with Gasteiger partial charge in [-0.05, 0) is 6.42 Å². The molecule has 1 atom stereocenters. The minimum atomic E-state index is -0.729. The molecule has 8 nitrogen and oxygen atoms in total. The van der Waals surface area contributed by atoms with E-state index in [1.165, 1.54) is 0 Å². The van der Waals surface area contributed by atoms with Crippen LogP contribution in [0.2, 0.25) is 0 Å². The zero-order chi connectivity index (χ0) is 15.4. The Balaban J connectivity index is 2.08. The second-order valence-electron chi connectivity index (χ2n) is 4.97. The molecule has 0 radical (unpaired) electrons. The number of nitrogens with two attached hydrogens (primary N) is 1. The number of carbonyl (C=O) groups is 3. The van der Waals surface area contributed by atoms with Crippen molar-refractivity contribution in [2.75, 3.05) is 20.1 Å². The van der Waals surface area contributed by atoms with E-state index in [9.17, 15) is 14.4 Å². The van der Waals surface area contributed by atoms with E-state index >= 15 is 0 Å². The molecule has 2 aliphatic heterocycles. The van der Waals surface area contributed by atoms with E-state index in [1.54, 1.807) is 7.05 Å². The molecular weight excluding hydrogens is 274 g/mol. The first-order valence-corrected chi connectivity index (χ1v) is 6.83. The van der Waals surface area contributed by atoms with Crippen molar-refractivity contribution in [2.45, 2.75) is 25.3 Å². The van der Waals surface area contributed by atoms with Gasteiger partial charge in [0.1, 0.15) is 11.7 Å². The lowest BCUT2D eigenvalue weighted by Gasteiger charge is -2.24. The van der Waals surface area contributed by atoms with Gasteiger partial charge in [0, 0.05) is 44.3 Å². The van der Waals surface area contributed by atoms with Crippen molar-refractivity contribution in [3.8, 4) is 0 Å². The van der Waals surface area contributed by atoms with Crippen LogP contribution in [0.4, 0.5) is 0 Å². The van der Waals surface area contributed by atoms with Crippen LogP contribution in [0.15, 0.2) is 16.3 Å². The van der Waals surface area contributed by atoms with Gasteiger partial charge in [-0.15, -0.1) is 0 Å². The normalized spacial score (nSPS) is 27.3. The van der Waals surface area contributed by atoms with Crippen LogP contribution < -0.4 is 21.7 Å². The third kappa shape index (κ3) is 3.46. The quantitative estimate of drug-likeness (QED) is 0.352. The molecule has 2 rings (SSSR count). The van der Waals surface area contributed by atoms with Gasteiger partial charge in [-0.1, -0.05) is 0 Å². The average molecular weight is 293 g/mol. The predicted molar refractivity (Wildman–Crippen MR) is 76.4 cm³/mol. The van der Waals surface area contributed by atoms with Crippen LogP contribution in [0.25, 0.3) is 0 Å². The molecule has 5 N–H and O–H groups in total. The molecule has 3 amide bonds. The van der Waals surface area contributed by atoms with E-state index in [0.29, 0.717) is 18.5 Å². The second kappa shape index (κ2) is 6.49. The number of nitrogens with zero attached hydrogens (tertiary/aromatic N) is 1. The molecule has 114 valence electrons. The van der Waals surface area contributed by atoms with E-state index in [-0.39, 0.29) is 24.4 Å². The number of nitrogens with one attached hydrogen (secondary N) is 3. The van der Waals surface area contributed by atoms with Gasteiger partial charge < -0.3 is 16.4 Å². The average Bonchev–Trinajstić information content (AvgIpc) is 2.49. The van der Waals surface area contributed by atoms with E-state index in [2.05, 4.69) is 20.9 Å². The number of aliphatic imine (C=N–C) groups is 1. The molecule has 21 heavy (non-hydrogen) atoms. The van der Waals surface area contributed by atoms with Crippen LogP contribution >= 0.6 is 0 Å². The van der Waals surface area contributed by atoms with Gasteiger partial charge in [0.2, 0.25) is 11.8 Å². The Hall–Kier alpha value is -2.22. The second-order valence-corrected chi connectivity index (χ2v) is 4.97. The van der Waals surface area contributed by atoms with Crippen LogP contribution in [0.5, 0.6) is 0 Å². The summed E-state index contributed by atoms with van der Waals surface area (Å²) in [5, 5.41) is 7.88. The van der Waals surface area contributed by atoms with Crippen LogP contribution in [0, 0.1) is 0 Å². The summed E-state index contributed by atoms with van der Waals surface area (Å²) in [5.41, 5.74) is 7.42. The zero-order valence-corrected chi connectivity index (χ0v) is 11.9. The Morgan fingerprint density at radius 1 is 1.38 bits per heavy atom. The van der Waals surface area contributed by atoms with Crippen molar-refractivity contribution in [1.29, 1.82) is 0 Å². The van der Waals surface area contributed by atoms with Crippen molar-refractivity contribution in [3.63, 3.8) is 0 Å². The Morgan fingerprint density at radius 3 is 2.81 bits per heavy atom. The molecule has 2 fully saturated rings. The highest BCUT2D eigenvalue weighted by molar-refractivity contribution is 6.09. The number of hydrogen-bond donors (Lipinski definition) is 4. The van der Waals surface area contributed by atoms with E-state index in [4.69, 9.17) is 5.73 Å². The van der Waals surface area contributed by atoms with Crippen LogP contribution in [-0.4, -0.2) is 49.6 Å². The largest absolute Gasteiger partial charge is 0.394 e. The maximum absolute atomic E-state index is 12.2.